The Hall–Kier alpha value is -0.140. The van der Waals surface area contributed by atoms with Gasteiger partial charge in [-0.3, -0.25) is 0 Å². The summed E-state index contributed by atoms with van der Waals surface area (Å²) in [5, 5.41) is 0. The molecule has 7 heteroatoms. The van der Waals surface area contributed by atoms with Gasteiger partial charge in [0, 0.05) is 30.0 Å². The van der Waals surface area contributed by atoms with Gasteiger partial charge in [0.1, 0.15) is 0 Å². The van der Waals surface area contributed by atoms with Crippen LogP contribution in [0.25, 0.3) is 0 Å². The van der Waals surface area contributed by atoms with E-state index in [0.29, 0.717) is 17.6 Å². The van der Waals surface area contributed by atoms with Crippen LogP contribution < -0.4 is 0 Å². The average Bonchev–Trinajstić information content (AvgIpc) is 2.47. The Morgan fingerprint density at radius 3 is 2.62 bits per heavy atom. The van der Waals surface area contributed by atoms with Gasteiger partial charge in [-0.2, -0.15) is 4.31 Å². The molecule has 1 aromatic rings. The number of hydrogen-bond acceptors (Lipinski definition) is 3. The second kappa shape index (κ2) is 8.48. The molecular weight excluding hydrogens is 378 g/mol. The molecule has 0 radical (unpaired) electrons. The summed E-state index contributed by atoms with van der Waals surface area (Å²) >= 11 is 9.13. The molecule has 0 aliphatic rings. The van der Waals surface area contributed by atoms with Crippen LogP contribution >= 0.6 is 27.5 Å². The van der Waals surface area contributed by atoms with Crippen LogP contribution in [0.15, 0.2) is 27.6 Å². The first-order chi connectivity index (χ1) is 9.88. The second-order valence-electron chi connectivity index (χ2n) is 4.76. The highest BCUT2D eigenvalue weighted by Crippen LogP contribution is 2.28. The van der Waals surface area contributed by atoms with E-state index in [0.717, 1.165) is 12.0 Å². The third kappa shape index (κ3) is 4.66. The molecular formula is C14H21BrClNO3S. The van der Waals surface area contributed by atoms with Gasteiger partial charge in [0.25, 0.3) is 0 Å². The van der Waals surface area contributed by atoms with E-state index in [9.17, 15) is 8.42 Å². The second-order valence-corrected chi connectivity index (χ2v) is 7.74. The van der Waals surface area contributed by atoms with Crippen LogP contribution in [0.3, 0.4) is 0 Å². The van der Waals surface area contributed by atoms with Crippen molar-refractivity contribution in [2.24, 2.45) is 0 Å². The van der Waals surface area contributed by atoms with Crippen molar-refractivity contribution >= 4 is 37.6 Å². The summed E-state index contributed by atoms with van der Waals surface area (Å²) in [6.45, 7) is 4.54. The molecule has 0 spiro atoms. The molecule has 1 atom stereocenters. The van der Waals surface area contributed by atoms with E-state index in [1.54, 1.807) is 25.3 Å². The Bertz CT molecular complexity index is 565. The Morgan fingerprint density at radius 2 is 2.10 bits per heavy atom. The molecule has 0 amide bonds. The SMILES string of the molecule is CCC(C)N(CCOC)S(=O)(=O)c1cc(CCl)ccc1Br. The van der Waals surface area contributed by atoms with Crippen molar-refractivity contribution in [1.29, 1.82) is 0 Å². The van der Waals surface area contributed by atoms with Gasteiger partial charge in [0.2, 0.25) is 10.0 Å². The van der Waals surface area contributed by atoms with Gasteiger partial charge in [-0.1, -0.05) is 13.0 Å². The van der Waals surface area contributed by atoms with E-state index in [1.165, 1.54) is 4.31 Å². The van der Waals surface area contributed by atoms with Crippen molar-refractivity contribution in [2.75, 3.05) is 20.3 Å². The standard InChI is InChI=1S/C14H21BrClNO3S/c1-4-11(2)17(7-8-20-3)21(18,19)14-9-12(10-16)5-6-13(14)15/h5-6,9,11H,4,7-8,10H2,1-3H3. The van der Waals surface area contributed by atoms with Gasteiger partial charge in [-0.15, -0.1) is 11.6 Å². The lowest BCUT2D eigenvalue weighted by atomic mass is 10.2. The number of methoxy groups -OCH3 is 1. The molecule has 1 aromatic carbocycles. The summed E-state index contributed by atoms with van der Waals surface area (Å²) in [7, 11) is -2.04. The number of alkyl halides is 1. The third-order valence-electron chi connectivity index (χ3n) is 3.33. The summed E-state index contributed by atoms with van der Waals surface area (Å²) in [4.78, 5) is 0.247. The first kappa shape index (κ1) is 18.9. The maximum Gasteiger partial charge on any atom is 0.244 e. The van der Waals surface area contributed by atoms with Crippen molar-refractivity contribution in [2.45, 2.75) is 37.1 Å². The lowest BCUT2D eigenvalue weighted by Crippen LogP contribution is -2.40. The molecule has 0 aromatic heterocycles. The minimum Gasteiger partial charge on any atom is -0.383 e. The Morgan fingerprint density at radius 1 is 1.43 bits per heavy atom. The van der Waals surface area contributed by atoms with Crippen molar-refractivity contribution in [1.82, 2.24) is 4.31 Å². The zero-order chi connectivity index (χ0) is 16.0. The number of benzene rings is 1. The first-order valence-electron chi connectivity index (χ1n) is 6.73. The van der Waals surface area contributed by atoms with Crippen molar-refractivity contribution in [3.63, 3.8) is 0 Å². The monoisotopic (exact) mass is 397 g/mol. The highest BCUT2D eigenvalue weighted by atomic mass is 79.9. The van der Waals surface area contributed by atoms with Gasteiger partial charge in [0.15, 0.2) is 0 Å². The smallest absolute Gasteiger partial charge is 0.244 e. The first-order valence-corrected chi connectivity index (χ1v) is 9.50. The minimum atomic E-state index is -3.60. The maximum absolute atomic E-state index is 12.9. The van der Waals surface area contributed by atoms with Gasteiger partial charge in [-0.05, 0) is 47.0 Å². The van der Waals surface area contributed by atoms with Gasteiger partial charge < -0.3 is 4.74 Å². The van der Waals surface area contributed by atoms with Crippen LogP contribution in [0.5, 0.6) is 0 Å². The average molecular weight is 399 g/mol. The van der Waals surface area contributed by atoms with Crippen LogP contribution in [0, 0.1) is 0 Å². The fourth-order valence-electron chi connectivity index (χ4n) is 1.92. The molecule has 21 heavy (non-hydrogen) atoms. The molecule has 120 valence electrons. The predicted molar refractivity (Wildman–Crippen MR) is 89.2 cm³/mol. The summed E-state index contributed by atoms with van der Waals surface area (Å²) in [6, 6.07) is 5.04. The number of halogens is 2. The highest BCUT2D eigenvalue weighted by Gasteiger charge is 2.29. The fraction of sp³-hybridized carbons (Fsp3) is 0.571. The van der Waals surface area contributed by atoms with Crippen molar-refractivity contribution < 1.29 is 13.2 Å². The zero-order valence-electron chi connectivity index (χ0n) is 12.5. The van der Waals surface area contributed by atoms with Gasteiger partial charge in [0.05, 0.1) is 11.5 Å². The Balaban J connectivity index is 3.27. The van der Waals surface area contributed by atoms with Crippen LogP contribution in [-0.4, -0.2) is 39.0 Å². The van der Waals surface area contributed by atoms with Gasteiger partial charge in [-0.25, -0.2) is 8.42 Å². The van der Waals surface area contributed by atoms with Gasteiger partial charge >= 0.3 is 0 Å². The van der Waals surface area contributed by atoms with E-state index in [2.05, 4.69) is 15.9 Å². The van der Waals surface area contributed by atoms with E-state index in [4.69, 9.17) is 16.3 Å². The van der Waals surface area contributed by atoms with E-state index in [-0.39, 0.29) is 16.8 Å². The molecule has 4 nitrogen and oxygen atoms in total. The maximum atomic E-state index is 12.9. The topological polar surface area (TPSA) is 46.6 Å². The molecule has 0 aliphatic carbocycles. The van der Waals surface area contributed by atoms with E-state index in [1.807, 2.05) is 13.8 Å². The molecule has 0 bridgehead atoms. The lowest BCUT2D eigenvalue weighted by molar-refractivity contribution is 0.167. The molecule has 1 unspecified atom stereocenters. The Kier molecular flexibility index (Phi) is 7.64. The summed E-state index contributed by atoms with van der Waals surface area (Å²) in [5.74, 6) is 0.275. The van der Waals surface area contributed by atoms with Crippen LogP contribution in [-0.2, 0) is 20.6 Å². The molecule has 0 fully saturated rings. The predicted octanol–water partition coefficient (Wildman–Crippen LogP) is 3.62. The molecule has 0 heterocycles. The Labute approximate surface area is 140 Å². The molecule has 0 aliphatic heterocycles. The number of ether oxygens (including phenoxy) is 1. The van der Waals surface area contributed by atoms with Crippen LogP contribution in [0.1, 0.15) is 25.8 Å². The fourth-order valence-corrected chi connectivity index (χ4v) is 4.75. The minimum absolute atomic E-state index is 0.100. The third-order valence-corrected chi connectivity index (χ3v) is 6.65. The number of sulfonamides is 1. The van der Waals surface area contributed by atoms with Crippen molar-refractivity contribution in [3.05, 3.63) is 28.2 Å². The molecule has 0 saturated carbocycles. The summed E-state index contributed by atoms with van der Waals surface area (Å²) in [5.41, 5.74) is 0.772. The molecule has 0 saturated heterocycles. The normalized spacial score (nSPS) is 13.6. The summed E-state index contributed by atoms with van der Waals surface area (Å²) in [6.07, 6.45) is 0.732. The van der Waals surface area contributed by atoms with Crippen LogP contribution in [0.2, 0.25) is 0 Å². The molecule has 1 rings (SSSR count). The lowest BCUT2D eigenvalue weighted by Gasteiger charge is -2.28. The van der Waals surface area contributed by atoms with Crippen LogP contribution in [0.4, 0.5) is 0 Å². The van der Waals surface area contributed by atoms with E-state index < -0.39 is 10.0 Å². The largest absolute Gasteiger partial charge is 0.383 e. The van der Waals surface area contributed by atoms with Crippen molar-refractivity contribution in [3.8, 4) is 0 Å². The van der Waals surface area contributed by atoms with E-state index >= 15 is 0 Å². The quantitative estimate of drug-likeness (QED) is 0.628. The number of hydrogen-bond donors (Lipinski definition) is 0. The highest BCUT2D eigenvalue weighted by molar-refractivity contribution is 9.10. The number of nitrogens with zero attached hydrogens (tertiary/aromatic N) is 1. The zero-order valence-corrected chi connectivity index (χ0v) is 15.6. The number of rotatable bonds is 8. The molecule has 0 N–H and O–H groups in total. The summed E-state index contributed by atoms with van der Waals surface area (Å²) < 4.78 is 32.9.